The Labute approximate surface area is 191 Å². The van der Waals surface area contributed by atoms with Gasteiger partial charge in [0.05, 0.1) is 17.8 Å². The molecule has 4 rings (SSSR count). The van der Waals surface area contributed by atoms with Crippen molar-refractivity contribution in [3.8, 4) is 11.5 Å². The quantitative estimate of drug-likeness (QED) is 0.660. The molecule has 0 fully saturated rings. The van der Waals surface area contributed by atoms with Crippen molar-refractivity contribution in [2.75, 3.05) is 0 Å². The number of ether oxygens (including phenoxy) is 2. The average molecular weight is 443 g/mol. The van der Waals surface area contributed by atoms with Crippen molar-refractivity contribution in [1.29, 1.82) is 0 Å². The molecule has 2 heterocycles. The van der Waals surface area contributed by atoms with E-state index in [9.17, 15) is 15.0 Å². The molecule has 0 saturated heterocycles. The van der Waals surface area contributed by atoms with Gasteiger partial charge in [-0.15, -0.1) is 0 Å². The van der Waals surface area contributed by atoms with Gasteiger partial charge in [0.25, 0.3) is 0 Å². The van der Waals surface area contributed by atoms with Crippen molar-refractivity contribution in [2.24, 2.45) is 5.41 Å². The van der Waals surface area contributed by atoms with Gasteiger partial charge in [-0.05, 0) is 93.2 Å². The summed E-state index contributed by atoms with van der Waals surface area (Å²) in [5, 5.41) is 20.9. The van der Waals surface area contributed by atoms with Crippen LogP contribution in [0, 0.1) is 12.3 Å². The lowest BCUT2D eigenvalue weighted by atomic mass is 9.71. The summed E-state index contributed by atoms with van der Waals surface area (Å²) in [6.07, 6.45) is 3.76. The number of carbonyl (C=O) groups excluding carboxylic acids is 1. The van der Waals surface area contributed by atoms with Crippen molar-refractivity contribution in [3.05, 3.63) is 34.4 Å². The van der Waals surface area contributed by atoms with Crippen LogP contribution in [-0.2, 0) is 16.0 Å². The Morgan fingerprint density at radius 2 is 1.81 bits per heavy atom. The molecule has 176 valence electrons. The van der Waals surface area contributed by atoms with Gasteiger partial charge in [-0.25, -0.2) is 0 Å². The highest BCUT2D eigenvalue weighted by atomic mass is 16.5. The summed E-state index contributed by atoms with van der Waals surface area (Å²) in [7, 11) is 0. The number of phenols is 1. The number of aryl methyl sites for hydroxylation is 2. The predicted molar refractivity (Wildman–Crippen MR) is 124 cm³/mol. The first-order valence-electron chi connectivity index (χ1n) is 11.9. The van der Waals surface area contributed by atoms with E-state index in [1.165, 1.54) is 0 Å². The number of hydrogen-bond donors (Lipinski definition) is 2. The summed E-state index contributed by atoms with van der Waals surface area (Å²) in [4.78, 5) is 13.3. The third kappa shape index (κ3) is 4.22. The van der Waals surface area contributed by atoms with Crippen molar-refractivity contribution < 1.29 is 24.5 Å². The zero-order valence-electron chi connectivity index (χ0n) is 20.4. The smallest absolute Gasteiger partial charge is 0.159 e. The van der Waals surface area contributed by atoms with E-state index < -0.39 is 17.3 Å². The molecule has 1 aliphatic carbocycles. The lowest BCUT2D eigenvalue weighted by Crippen LogP contribution is -2.46. The van der Waals surface area contributed by atoms with Gasteiger partial charge in [0.2, 0.25) is 0 Å². The van der Waals surface area contributed by atoms with Gasteiger partial charge >= 0.3 is 0 Å². The number of carbonyl (C=O) groups is 1. The van der Waals surface area contributed by atoms with Gasteiger partial charge < -0.3 is 19.7 Å². The normalized spacial score (nSPS) is 31.8. The molecule has 3 aliphatic rings. The van der Waals surface area contributed by atoms with Gasteiger partial charge in [0, 0.05) is 19.3 Å². The summed E-state index contributed by atoms with van der Waals surface area (Å²) in [5.74, 6) is 1.24. The minimum atomic E-state index is -0.741. The highest BCUT2D eigenvalue weighted by Crippen LogP contribution is 2.48. The maximum absolute atomic E-state index is 13.3. The van der Waals surface area contributed by atoms with E-state index in [0.717, 1.165) is 53.7 Å². The molecule has 0 amide bonds. The Bertz CT molecular complexity index is 957. The van der Waals surface area contributed by atoms with Crippen LogP contribution in [-0.4, -0.2) is 39.4 Å². The van der Waals surface area contributed by atoms with Crippen LogP contribution in [0.3, 0.4) is 0 Å². The zero-order valence-corrected chi connectivity index (χ0v) is 20.4. The third-order valence-corrected chi connectivity index (χ3v) is 7.77. The number of aliphatic hydroxyl groups is 1. The molecular formula is C27H38O5. The largest absolute Gasteiger partial charge is 0.508 e. The van der Waals surface area contributed by atoms with Crippen LogP contribution in [0.2, 0.25) is 0 Å². The first-order valence-corrected chi connectivity index (χ1v) is 11.9. The van der Waals surface area contributed by atoms with Crippen molar-refractivity contribution in [2.45, 2.75) is 110 Å². The third-order valence-electron chi connectivity index (χ3n) is 7.77. The molecule has 1 aromatic rings. The maximum Gasteiger partial charge on any atom is 0.159 e. The van der Waals surface area contributed by atoms with Gasteiger partial charge in [-0.2, -0.15) is 0 Å². The van der Waals surface area contributed by atoms with E-state index in [4.69, 9.17) is 9.47 Å². The SMILES string of the molecule is Cc1cc(O)cc2c1O[C@@](C)(CC1=C3C[C@@H](O)C(C)(C)O[C@H]1C(C)(C)CCCC3=O)CC2. The Morgan fingerprint density at radius 3 is 2.53 bits per heavy atom. The Morgan fingerprint density at radius 1 is 1.09 bits per heavy atom. The summed E-state index contributed by atoms with van der Waals surface area (Å²) in [5.41, 5.74) is 2.30. The summed E-state index contributed by atoms with van der Waals surface area (Å²) in [6.45, 7) is 12.3. The van der Waals surface area contributed by atoms with E-state index >= 15 is 0 Å². The van der Waals surface area contributed by atoms with E-state index in [2.05, 4.69) is 20.8 Å². The van der Waals surface area contributed by atoms with E-state index in [1.54, 1.807) is 12.1 Å². The highest BCUT2D eigenvalue weighted by Gasteiger charge is 2.48. The van der Waals surface area contributed by atoms with Crippen LogP contribution in [0.5, 0.6) is 11.5 Å². The topological polar surface area (TPSA) is 76.0 Å². The van der Waals surface area contributed by atoms with E-state index in [0.29, 0.717) is 19.3 Å². The summed E-state index contributed by atoms with van der Waals surface area (Å²) >= 11 is 0. The van der Waals surface area contributed by atoms with E-state index in [-0.39, 0.29) is 23.1 Å². The number of aliphatic hydroxyl groups excluding tert-OH is 1. The number of phenolic OH excluding ortho intramolecular Hbond substituents is 1. The van der Waals surface area contributed by atoms with Crippen LogP contribution in [0.15, 0.2) is 23.3 Å². The second kappa shape index (κ2) is 7.88. The molecule has 2 aliphatic heterocycles. The standard InChI is InChI=1S/C27H38O5/c1-16-12-18(28)13-17-9-11-27(6,31-23(16)17)15-20-19-14-22(30)26(4,5)32-24(20)25(2,3)10-7-8-21(19)29/h12-13,22,24,28,30H,7-11,14-15H2,1-6H3/t22-,24-,27-/m1/s1. The molecule has 0 spiro atoms. The number of Topliss-reactive ketones (excluding diaryl/α,β-unsaturated/α-hetero) is 1. The molecule has 2 bridgehead atoms. The molecule has 32 heavy (non-hydrogen) atoms. The minimum absolute atomic E-state index is 0.141. The van der Waals surface area contributed by atoms with Gasteiger partial charge in [-0.1, -0.05) is 13.8 Å². The number of fused-ring (bicyclic) bond motifs is 2. The lowest BCUT2D eigenvalue weighted by molar-refractivity contribution is -0.150. The van der Waals surface area contributed by atoms with Gasteiger partial charge in [-0.3, -0.25) is 4.79 Å². The molecule has 3 atom stereocenters. The molecule has 0 unspecified atom stereocenters. The van der Waals surface area contributed by atoms with Crippen LogP contribution >= 0.6 is 0 Å². The average Bonchev–Trinajstić information content (AvgIpc) is 2.78. The second-order valence-electron chi connectivity index (χ2n) is 11.6. The fourth-order valence-electron chi connectivity index (χ4n) is 5.67. The number of rotatable bonds is 2. The minimum Gasteiger partial charge on any atom is -0.508 e. The number of hydrogen-bond acceptors (Lipinski definition) is 5. The fraction of sp³-hybridized carbons (Fsp3) is 0.667. The number of aromatic hydroxyl groups is 1. The van der Waals surface area contributed by atoms with E-state index in [1.807, 2.05) is 20.8 Å². The molecule has 0 saturated carbocycles. The molecule has 5 heteroatoms. The van der Waals surface area contributed by atoms with Crippen LogP contribution in [0.1, 0.15) is 84.3 Å². The first-order chi connectivity index (χ1) is 14.8. The van der Waals surface area contributed by atoms with Crippen LogP contribution < -0.4 is 4.74 Å². The molecule has 0 radical (unpaired) electrons. The highest BCUT2D eigenvalue weighted by molar-refractivity contribution is 5.96. The van der Waals surface area contributed by atoms with Crippen molar-refractivity contribution in [3.63, 3.8) is 0 Å². The Balaban J connectivity index is 1.77. The predicted octanol–water partition coefficient (Wildman–Crippen LogP) is 5.18. The fourth-order valence-corrected chi connectivity index (χ4v) is 5.67. The first kappa shape index (κ1) is 23.3. The van der Waals surface area contributed by atoms with Crippen LogP contribution in [0.4, 0.5) is 0 Å². The number of ketones is 1. The monoisotopic (exact) mass is 442 g/mol. The summed E-state index contributed by atoms with van der Waals surface area (Å²) in [6, 6.07) is 3.52. The Hall–Kier alpha value is -1.85. The lowest BCUT2D eigenvalue weighted by Gasteiger charge is -2.44. The van der Waals surface area contributed by atoms with Crippen molar-refractivity contribution in [1.82, 2.24) is 0 Å². The zero-order chi connectivity index (χ0) is 23.5. The van der Waals surface area contributed by atoms with Gasteiger partial charge in [0.1, 0.15) is 17.1 Å². The summed E-state index contributed by atoms with van der Waals surface area (Å²) < 4.78 is 13.2. The molecule has 2 N–H and O–H groups in total. The molecule has 5 nitrogen and oxygen atoms in total. The molecular weight excluding hydrogens is 404 g/mol. The second-order valence-corrected chi connectivity index (χ2v) is 11.6. The Kier molecular flexibility index (Phi) is 5.74. The molecule has 0 aromatic heterocycles. The van der Waals surface area contributed by atoms with Gasteiger partial charge in [0.15, 0.2) is 5.78 Å². The van der Waals surface area contributed by atoms with Crippen LogP contribution in [0.25, 0.3) is 0 Å². The van der Waals surface area contributed by atoms with Crippen molar-refractivity contribution >= 4 is 5.78 Å². The molecule has 1 aromatic carbocycles. The maximum atomic E-state index is 13.3. The number of benzene rings is 1.